The maximum atomic E-state index is 14.5. The first-order chi connectivity index (χ1) is 17.4. The summed E-state index contributed by atoms with van der Waals surface area (Å²) in [7, 11) is -0.510. The van der Waals surface area contributed by atoms with Crippen LogP contribution in [0.15, 0.2) is 35.7 Å². The Morgan fingerprint density at radius 3 is 2.59 bits per heavy atom. The summed E-state index contributed by atoms with van der Waals surface area (Å²) in [5, 5.41) is 16.8. The number of ketones is 1. The van der Waals surface area contributed by atoms with Gasteiger partial charge in [0.05, 0.1) is 6.61 Å². The summed E-state index contributed by atoms with van der Waals surface area (Å²) < 4.78 is 30.2. The van der Waals surface area contributed by atoms with Crippen LogP contribution in [0.4, 0.5) is 5.69 Å². The highest BCUT2D eigenvalue weighted by atomic mass is 32.2. The highest BCUT2D eigenvalue weighted by Gasteiger charge is 2.52. The zero-order chi connectivity index (χ0) is 27.5. The quantitative estimate of drug-likeness (QED) is 0.114. The van der Waals surface area contributed by atoms with Crippen LogP contribution < -0.4 is 21.1 Å². The van der Waals surface area contributed by atoms with Crippen molar-refractivity contribution in [2.45, 2.75) is 43.4 Å². The second-order valence-electron chi connectivity index (χ2n) is 8.86. The molecule has 0 spiro atoms. The van der Waals surface area contributed by atoms with E-state index in [2.05, 4.69) is 10.3 Å². The number of rotatable bonds is 10. The molecule has 1 aliphatic carbocycles. The number of thiazole rings is 1. The van der Waals surface area contributed by atoms with Crippen molar-refractivity contribution in [3.8, 4) is 0 Å². The van der Waals surface area contributed by atoms with Crippen LogP contribution in [-0.2, 0) is 20.2 Å². The molecule has 1 aromatic carbocycles. The van der Waals surface area contributed by atoms with Crippen LogP contribution in [-0.4, -0.2) is 57.9 Å². The molecule has 1 aromatic heterocycles. The number of carbonyl (C=O) groups excluding carboxylic acids is 2. The van der Waals surface area contributed by atoms with E-state index in [-0.39, 0.29) is 23.3 Å². The van der Waals surface area contributed by atoms with Gasteiger partial charge in [0.25, 0.3) is 0 Å². The number of nitrogens with one attached hydrogen (secondary N) is 2. The van der Waals surface area contributed by atoms with Gasteiger partial charge in [0.1, 0.15) is 10.7 Å². The van der Waals surface area contributed by atoms with Crippen LogP contribution >= 0.6 is 11.3 Å². The van der Waals surface area contributed by atoms with Gasteiger partial charge in [0, 0.05) is 36.8 Å². The number of primary sulfonamides is 1. The number of anilines is 1. The van der Waals surface area contributed by atoms with Crippen molar-refractivity contribution in [2.24, 2.45) is 10.9 Å². The van der Waals surface area contributed by atoms with Crippen molar-refractivity contribution in [1.82, 2.24) is 10.3 Å². The third kappa shape index (κ3) is 5.38. The molecule has 0 aliphatic heterocycles. The number of aromatic nitrogens is 1. The van der Waals surface area contributed by atoms with E-state index in [1.807, 2.05) is 6.92 Å². The SMILES string of the molecule is CCCC(NC(=N)N)C1(C(=O)c2nc(C(=O)OCC)cs2)C=CC(S(N)(=O)=O)c2cccc(N(C)C)c21. The van der Waals surface area contributed by atoms with Gasteiger partial charge in [-0.25, -0.2) is 23.3 Å². The topological polar surface area (TPSA) is 182 Å². The molecular weight excluding hydrogens is 516 g/mol. The van der Waals surface area contributed by atoms with Gasteiger partial charge in [0.2, 0.25) is 15.8 Å². The first-order valence-corrected chi connectivity index (χ1v) is 14.2. The number of nitrogens with two attached hydrogens (primary N) is 2. The molecule has 1 heterocycles. The molecule has 0 amide bonds. The fraction of sp³-hybridized carbons (Fsp3) is 0.417. The van der Waals surface area contributed by atoms with Gasteiger partial charge < -0.3 is 20.7 Å². The Balaban J connectivity index is 2.39. The van der Waals surface area contributed by atoms with Crippen LogP contribution in [0.1, 0.15) is 63.4 Å². The number of benzene rings is 1. The largest absolute Gasteiger partial charge is 0.461 e. The molecule has 11 nitrogen and oxygen atoms in total. The Kier molecular flexibility index (Phi) is 8.40. The summed E-state index contributed by atoms with van der Waals surface area (Å²) in [4.78, 5) is 32.8. The van der Waals surface area contributed by atoms with E-state index in [1.54, 1.807) is 44.1 Å². The number of carbonyl (C=O) groups is 2. The van der Waals surface area contributed by atoms with E-state index in [0.717, 1.165) is 11.3 Å². The summed E-state index contributed by atoms with van der Waals surface area (Å²) in [5.74, 6) is -1.47. The molecule has 3 rings (SSSR count). The minimum Gasteiger partial charge on any atom is -0.461 e. The molecule has 3 atom stereocenters. The van der Waals surface area contributed by atoms with Gasteiger partial charge in [0.15, 0.2) is 16.7 Å². The van der Waals surface area contributed by atoms with E-state index in [4.69, 9.17) is 21.0 Å². The van der Waals surface area contributed by atoms with Gasteiger partial charge in [-0.15, -0.1) is 11.3 Å². The fourth-order valence-corrected chi connectivity index (χ4v) is 6.36. The molecule has 13 heteroatoms. The molecule has 0 bridgehead atoms. The van der Waals surface area contributed by atoms with E-state index in [1.165, 1.54) is 17.5 Å². The van der Waals surface area contributed by atoms with Gasteiger partial charge in [-0.05, 0) is 25.0 Å². The summed E-state index contributed by atoms with van der Waals surface area (Å²) in [6.45, 7) is 3.75. The van der Waals surface area contributed by atoms with E-state index in [9.17, 15) is 18.0 Å². The third-order valence-electron chi connectivity index (χ3n) is 6.18. The number of ether oxygens (including phenoxy) is 1. The van der Waals surface area contributed by atoms with Crippen molar-refractivity contribution in [1.29, 1.82) is 5.41 Å². The smallest absolute Gasteiger partial charge is 0.357 e. The standard InChI is InChI=1S/C24H32N6O5S2/c1-5-8-18(29-23(25)26)24(20(31)21-28-15(13-36-21)22(32)35-6-2)12-11-17(37(27,33)34)14-9-7-10-16(19(14)24)30(3)4/h7,9-13,17-18H,5-6,8H2,1-4H3,(H4,25,26,29)(H2,27,33,34). The average molecular weight is 549 g/mol. The van der Waals surface area contributed by atoms with Gasteiger partial charge in [-0.2, -0.15) is 0 Å². The monoisotopic (exact) mass is 548 g/mol. The normalized spacial score (nSPS) is 19.5. The second-order valence-corrected chi connectivity index (χ2v) is 11.4. The molecule has 0 radical (unpaired) electrons. The molecule has 0 saturated carbocycles. The lowest BCUT2D eigenvalue weighted by Crippen LogP contribution is -2.57. The second kappa shape index (κ2) is 11.0. The lowest BCUT2D eigenvalue weighted by Gasteiger charge is -2.43. The summed E-state index contributed by atoms with van der Waals surface area (Å²) >= 11 is 0.989. The number of esters is 1. The van der Waals surface area contributed by atoms with Gasteiger partial charge >= 0.3 is 5.97 Å². The number of sulfonamides is 1. The van der Waals surface area contributed by atoms with E-state index in [0.29, 0.717) is 29.7 Å². The highest BCUT2D eigenvalue weighted by molar-refractivity contribution is 7.89. The van der Waals surface area contributed by atoms with Crippen molar-refractivity contribution in [3.63, 3.8) is 0 Å². The predicted molar refractivity (Wildman–Crippen MR) is 144 cm³/mol. The number of nitrogens with zero attached hydrogens (tertiary/aromatic N) is 2. The average Bonchev–Trinajstić information content (AvgIpc) is 3.32. The van der Waals surface area contributed by atoms with Crippen LogP contribution in [0.2, 0.25) is 0 Å². The molecule has 2 aromatic rings. The van der Waals surface area contributed by atoms with Crippen LogP contribution in [0, 0.1) is 5.41 Å². The van der Waals surface area contributed by atoms with Crippen LogP contribution in [0.3, 0.4) is 0 Å². The van der Waals surface area contributed by atoms with Crippen molar-refractivity contribution in [3.05, 3.63) is 57.6 Å². The minimum atomic E-state index is -4.07. The number of hydrogen-bond acceptors (Lipinski definition) is 9. The Morgan fingerprint density at radius 2 is 2.03 bits per heavy atom. The molecule has 3 unspecified atom stereocenters. The first kappa shape index (κ1) is 28.3. The van der Waals surface area contributed by atoms with Crippen molar-refractivity contribution in [2.75, 3.05) is 25.6 Å². The first-order valence-electron chi connectivity index (χ1n) is 11.7. The highest BCUT2D eigenvalue weighted by Crippen LogP contribution is 2.49. The molecule has 0 fully saturated rings. The Hall–Kier alpha value is -3.29. The fourth-order valence-electron chi connectivity index (χ4n) is 4.71. The molecule has 6 N–H and O–H groups in total. The zero-order valence-electron chi connectivity index (χ0n) is 21.1. The van der Waals surface area contributed by atoms with Crippen molar-refractivity contribution < 1.29 is 22.7 Å². The molecule has 200 valence electrons. The predicted octanol–water partition coefficient (Wildman–Crippen LogP) is 2.06. The third-order valence-corrected chi connectivity index (χ3v) is 8.14. The minimum absolute atomic E-state index is 0.000221. The Labute approximate surface area is 220 Å². The lowest BCUT2D eigenvalue weighted by atomic mass is 9.64. The van der Waals surface area contributed by atoms with Gasteiger partial charge in [-0.3, -0.25) is 10.2 Å². The van der Waals surface area contributed by atoms with E-state index >= 15 is 0 Å². The molecule has 0 saturated heterocycles. The molecular formula is C24H32N6O5S2. The number of guanidine groups is 1. The maximum Gasteiger partial charge on any atom is 0.357 e. The maximum absolute atomic E-state index is 14.5. The van der Waals surface area contributed by atoms with Gasteiger partial charge in [-0.1, -0.05) is 37.6 Å². The summed E-state index contributed by atoms with van der Waals surface area (Å²) in [5.41, 5.74) is 5.59. The number of hydrogen-bond donors (Lipinski definition) is 4. The summed E-state index contributed by atoms with van der Waals surface area (Å²) in [6, 6.07) is 4.38. The molecule has 37 heavy (non-hydrogen) atoms. The van der Waals surface area contributed by atoms with Crippen LogP contribution in [0.25, 0.3) is 0 Å². The van der Waals surface area contributed by atoms with E-state index < -0.39 is 38.5 Å². The Bertz CT molecular complexity index is 1340. The summed E-state index contributed by atoms with van der Waals surface area (Å²) in [6.07, 6.45) is 3.96. The molecule has 1 aliphatic rings. The van der Waals surface area contributed by atoms with Crippen LogP contribution in [0.5, 0.6) is 0 Å². The van der Waals surface area contributed by atoms with Crippen molar-refractivity contribution >= 4 is 44.8 Å². The Morgan fingerprint density at radius 1 is 1.32 bits per heavy atom. The zero-order valence-corrected chi connectivity index (χ0v) is 22.8. The lowest BCUT2D eigenvalue weighted by molar-refractivity contribution is 0.0520. The number of Topliss-reactive ketones (excluding diaryl/α,β-unsaturated/α-hetero) is 1. The number of fused-ring (bicyclic) bond motifs is 1.